The van der Waals surface area contributed by atoms with E-state index in [1.807, 2.05) is 7.05 Å². The van der Waals surface area contributed by atoms with Crippen molar-refractivity contribution in [3.8, 4) is 0 Å². The monoisotopic (exact) mass is 364 g/mol. The van der Waals surface area contributed by atoms with Crippen LogP contribution in [0.4, 0.5) is 0 Å². The summed E-state index contributed by atoms with van der Waals surface area (Å²) in [6, 6.07) is 0.699. The molecule has 2 fully saturated rings. The molecule has 2 aliphatic heterocycles. The largest absolute Gasteiger partial charge is 0.365 e. The van der Waals surface area contributed by atoms with Crippen LogP contribution in [0.25, 0.3) is 0 Å². The van der Waals surface area contributed by atoms with Crippen LogP contribution in [0, 0.1) is 0 Å². The number of carbonyl (C=O) groups excluding carboxylic acids is 1. The Labute approximate surface area is 160 Å². The van der Waals surface area contributed by atoms with Crippen molar-refractivity contribution in [2.75, 3.05) is 46.3 Å². The minimum Gasteiger partial charge on any atom is -0.365 e. The molecule has 0 spiro atoms. The van der Waals surface area contributed by atoms with Crippen LogP contribution in [-0.2, 0) is 4.79 Å². The van der Waals surface area contributed by atoms with Crippen LogP contribution in [0.3, 0.4) is 0 Å². The lowest BCUT2D eigenvalue weighted by molar-refractivity contribution is -0.136. The van der Waals surface area contributed by atoms with E-state index in [1.54, 1.807) is 0 Å². The fourth-order valence-electron chi connectivity index (χ4n) is 4.34. The Morgan fingerprint density at radius 1 is 1.23 bits per heavy atom. The molecular formula is C21H40N4O. The minimum atomic E-state index is 0.291. The van der Waals surface area contributed by atoms with E-state index < -0.39 is 0 Å². The van der Waals surface area contributed by atoms with Crippen molar-refractivity contribution in [1.82, 2.24) is 20.0 Å². The Balaban J connectivity index is 1.94. The first-order valence-electron chi connectivity index (χ1n) is 10.7. The predicted molar refractivity (Wildman–Crippen MR) is 109 cm³/mol. The lowest BCUT2D eigenvalue weighted by Crippen LogP contribution is -2.53. The first kappa shape index (κ1) is 21.2. The van der Waals surface area contributed by atoms with Gasteiger partial charge in [0.2, 0.25) is 5.91 Å². The molecule has 0 radical (unpaired) electrons. The minimum absolute atomic E-state index is 0.291. The fraction of sp³-hybridized carbons (Fsp3) is 0.857. The summed E-state index contributed by atoms with van der Waals surface area (Å²) in [6.07, 6.45) is 8.26. The van der Waals surface area contributed by atoms with Crippen molar-refractivity contribution >= 4 is 5.91 Å². The number of hydrogen-bond donors (Lipinski definition) is 1. The Hall–Kier alpha value is -1.07. The zero-order chi connectivity index (χ0) is 18.9. The fourth-order valence-corrected chi connectivity index (χ4v) is 4.34. The van der Waals surface area contributed by atoms with E-state index in [4.69, 9.17) is 0 Å². The molecule has 1 N–H and O–H groups in total. The van der Waals surface area contributed by atoms with Gasteiger partial charge in [-0.3, -0.25) is 4.79 Å². The molecule has 150 valence electrons. The van der Waals surface area contributed by atoms with Gasteiger partial charge in [0.15, 0.2) is 0 Å². The molecule has 0 aromatic heterocycles. The van der Waals surface area contributed by atoms with E-state index in [0.29, 0.717) is 24.5 Å². The maximum atomic E-state index is 13.1. The molecular weight excluding hydrogens is 324 g/mol. The summed E-state index contributed by atoms with van der Waals surface area (Å²) < 4.78 is 0. The van der Waals surface area contributed by atoms with Crippen molar-refractivity contribution in [3.63, 3.8) is 0 Å². The summed E-state index contributed by atoms with van der Waals surface area (Å²) in [5.41, 5.74) is 1.08. The third-order valence-corrected chi connectivity index (χ3v) is 6.10. The number of likely N-dealkylation sites (tertiary alicyclic amines) is 2. The van der Waals surface area contributed by atoms with Gasteiger partial charge >= 0.3 is 0 Å². The third-order valence-electron chi connectivity index (χ3n) is 6.10. The number of unbranched alkanes of at least 4 members (excludes halogenated alkanes) is 1. The van der Waals surface area contributed by atoms with Crippen molar-refractivity contribution in [2.24, 2.45) is 0 Å². The summed E-state index contributed by atoms with van der Waals surface area (Å²) in [7, 11) is 1.98. The number of hydrogen-bond acceptors (Lipinski definition) is 4. The molecule has 0 aliphatic carbocycles. The lowest BCUT2D eigenvalue weighted by Gasteiger charge is -2.41. The van der Waals surface area contributed by atoms with Crippen LogP contribution in [0.5, 0.6) is 0 Å². The second kappa shape index (κ2) is 10.9. The van der Waals surface area contributed by atoms with E-state index in [9.17, 15) is 4.79 Å². The van der Waals surface area contributed by atoms with Crippen LogP contribution in [0.2, 0.25) is 0 Å². The van der Waals surface area contributed by atoms with Gasteiger partial charge in [-0.1, -0.05) is 26.8 Å². The van der Waals surface area contributed by atoms with Gasteiger partial charge in [0.05, 0.1) is 6.54 Å². The first-order valence-corrected chi connectivity index (χ1v) is 10.7. The molecule has 2 aliphatic rings. The Bertz CT molecular complexity index is 453. The number of rotatable bonds is 9. The molecule has 2 heterocycles. The maximum Gasteiger partial charge on any atom is 0.242 e. The van der Waals surface area contributed by atoms with Crippen molar-refractivity contribution < 1.29 is 4.79 Å². The highest BCUT2D eigenvalue weighted by atomic mass is 16.2. The second-order valence-corrected chi connectivity index (χ2v) is 7.88. The predicted octanol–water partition coefficient (Wildman–Crippen LogP) is 2.69. The molecule has 5 heteroatoms. The molecule has 0 bridgehead atoms. The van der Waals surface area contributed by atoms with Gasteiger partial charge in [0, 0.05) is 37.4 Å². The second-order valence-electron chi connectivity index (χ2n) is 7.88. The van der Waals surface area contributed by atoms with Crippen molar-refractivity contribution in [3.05, 3.63) is 12.3 Å². The number of carbonyl (C=O) groups is 1. The summed E-state index contributed by atoms with van der Waals surface area (Å²) >= 11 is 0. The smallest absolute Gasteiger partial charge is 0.242 e. The quantitative estimate of drug-likeness (QED) is 0.683. The van der Waals surface area contributed by atoms with Gasteiger partial charge < -0.3 is 20.0 Å². The number of likely N-dealkylation sites (N-methyl/N-ethyl adjacent to an activating group) is 2. The van der Waals surface area contributed by atoms with Gasteiger partial charge in [-0.2, -0.15) is 0 Å². The SMILES string of the molecule is C=C1[C@@H](NC)CCCN1CC(=O)N1CCCCC1CN(CC)CCCC. The third kappa shape index (κ3) is 5.71. The van der Waals surface area contributed by atoms with Crippen molar-refractivity contribution in [2.45, 2.75) is 70.9 Å². The molecule has 1 amide bonds. The topological polar surface area (TPSA) is 38.8 Å². The Morgan fingerprint density at radius 2 is 2.04 bits per heavy atom. The number of nitrogens with zero attached hydrogens (tertiary/aromatic N) is 3. The number of amides is 1. The average Bonchev–Trinajstić information content (AvgIpc) is 2.67. The first-order chi connectivity index (χ1) is 12.6. The van der Waals surface area contributed by atoms with Crippen LogP contribution in [0.15, 0.2) is 12.3 Å². The number of piperidine rings is 2. The van der Waals surface area contributed by atoms with E-state index in [1.165, 1.54) is 19.3 Å². The summed E-state index contributed by atoms with van der Waals surface area (Å²) in [5.74, 6) is 0.291. The van der Waals surface area contributed by atoms with Crippen molar-refractivity contribution in [1.29, 1.82) is 0 Å². The van der Waals surface area contributed by atoms with Gasteiger partial charge in [0.25, 0.3) is 0 Å². The normalized spacial score (nSPS) is 24.4. The highest BCUT2D eigenvalue weighted by molar-refractivity contribution is 5.79. The molecule has 1 unspecified atom stereocenters. The molecule has 2 atom stereocenters. The average molecular weight is 365 g/mol. The zero-order valence-electron chi connectivity index (χ0n) is 17.3. The standard InChI is InChI=1S/C21H40N4O/c1-5-7-13-23(6-2)16-19-11-8-9-15-25(19)21(26)17-24-14-10-12-20(22-4)18(24)3/h19-20,22H,3,5-17H2,1-2,4H3/t19?,20-/m0/s1. The van der Waals surface area contributed by atoms with Gasteiger partial charge in [0.1, 0.15) is 0 Å². The highest BCUT2D eigenvalue weighted by Crippen LogP contribution is 2.22. The van der Waals surface area contributed by atoms with Crippen LogP contribution >= 0.6 is 0 Å². The summed E-state index contributed by atoms with van der Waals surface area (Å²) in [6.45, 7) is 14.4. The molecule has 2 saturated heterocycles. The highest BCUT2D eigenvalue weighted by Gasteiger charge is 2.30. The molecule has 26 heavy (non-hydrogen) atoms. The van der Waals surface area contributed by atoms with Gasteiger partial charge in [-0.25, -0.2) is 0 Å². The van der Waals surface area contributed by atoms with E-state index in [2.05, 4.69) is 40.4 Å². The Morgan fingerprint density at radius 3 is 2.73 bits per heavy atom. The van der Waals surface area contributed by atoms with Crippen LogP contribution in [-0.4, -0.2) is 79.0 Å². The lowest BCUT2D eigenvalue weighted by atomic mass is 10.00. The molecule has 0 aromatic rings. The summed E-state index contributed by atoms with van der Waals surface area (Å²) in [5, 5.41) is 3.33. The number of nitrogens with one attached hydrogen (secondary N) is 1. The summed E-state index contributed by atoms with van der Waals surface area (Å²) in [4.78, 5) is 20.0. The van der Waals surface area contributed by atoms with Crippen LogP contribution < -0.4 is 5.32 Å². The van der Waals surface area contributed by atoms with E-state index >= 15 is 0 Å². The van der Waals surface area contributed by atoms with E-state index in [-0.39, 0.29) is 0 Å². The van der Waals surface area contributed by atoms with Gasteiger partial charge in [-0.15, -0.1) is 0 Å². The zero-order valence-corrected chi connectivity index (χ0v) is 17.3. The Kier molecular flexibility index (Phi) is 8.93. The van der Waals surface area contributed by atoms with E-state index in [0.717, 1.165) is 64.1 Å². The molecule has 0 aromatic carbocycles. The maximum absolute atomic E-state index is 13.1. The molecule has 2 rings (SSSR count). The van der Waals surface area contributed by atoms with Crippen LogP contribution in [0.1, 0.15) is 58.8 Å². The van der Waals surface area contributed by atoms with Gasteiger partial charge in [-0.05, 0) is 58.7 Å². The molecule has 5 nitrogen and oxygen atoms in total. The molecule has 0 saturated carbocycles.